The highest BCUT2D eigenvalue weighted by atomic mass is 16.4. The van der Waals surface area contributed by atoms with Crippen molar-refractivity contribution in [2.45, 2.75) is 0 Å². The second-order valence-electron chi connectivity index (χ2n) is 3.01. The van der Waals surface area contributed by atoms with Gasteiger partial charge in [0.25, 0.3) is 0 Å². The summed E-state index contributed by atoms with van der Waals surface area (Å²) >= 11 is 0. The van der Waals surface area contributed by atoms with E-state index in [0.717, 1.165) is 0 Å². The summed E-state index contributed by atoms with van der Waals surface area (Å²) in [5.41, 5.74) is -0.0722. The van der Waals surface area contributed by atoms with Crippen LogP contribution in [0.5, 0.6) is 0 Å². The third-order valence-electron chi connectivity index (χ3n) is 1.86. The van der Waals surface area contributed by atoms with E-state index in [1.54, 1.807) is 11.0 Å². The lowest BCUT2D eigenvalue weighted by Gasteiger charge is -2.19. The van der Waals surface area contributed by atoms with Gasteiger partial charge in [0.2, 0.25) is 5.95 Å². The van der Waals surface area contributed by atoms with Crippen molar-refractivity contribution in [2.75, 3.05) is 24.6 Å². The zero-order chi connectivity index (χ0) is 12.0. The zero-order valence-electron chi connectivity index (χ0n) is 8.70. The molecule has 0 amide bonds. The number of aromatic nitrogens is 2. The number of carbonyl (C=O) groups is 1. The zero-order valence-corrected chi connectivity index (χ0v) is 8.70. The van der Waals surface area contributed by atoms with E-state index in [4.69, 9.17) is 10.2 Å². The van der Waals surface area contributed by atoms with Crippen LogP contribution < -0.4 is 4.90 Å². The fourth-order valence-corrected chi connectivity index (χ4v) is 1.17. The third-order valence-corrected chi connectivity index (χ3v) is 1.86. The van der Waals surface area contributed by atoms with Gasteiger partial charge in [-0.05, 0) is 6.07 Å². The van der Waals surface area contributed by atoms with Gasteiger partial charge in [-0.1, -0.05) is 6.08 Å². The highest BCUT2D eigenvalue weighted by Crippen LogP contribution is 2.07. The summed E-state index contributed by atoms with van der Waals surface area (Å²) in [6.07, 6.45) is 3.01. The number of hydrogen-bond acceptors (Lipinski definition) is 5. The monoisotopic (exact) mass is 223 g/mol. The quantitative estimate of drug-likeness (QED) is 0.668. The van der Waals surface area contributed by atoms with Crippen LogP contribution in [0.3, 0.4) is 0 Å². The number of aromatic carboxylic acids is 1. The molecular weight excluding hydrogens is 210 g/mol. The van der Waals surface area contributed by atoms with Crippen molar-refractivity contribution in [3.8, 4) is 0 Å². The minimum atomic E-state index is -1.11. The molecule has 1 heterocycles. The first-order valence-electron chi connectivity index (χ1n) is 4.72. The number of carboxylic acid groups (broad SMARTS) is 1. The first-order chi connectivity index (χ1) is 7.69. The van der Waals surface area contributed by atoms with Gasteiger partial charge in [0, 0.05) is 19.3 Å². The Morgan fingerprint density at radius 3 is 2.94 bits per heavy atom. The summed E-state index contributed by atoms with van der Waals surface area (Å²) in [6, 6.07) is 1.32. The van der Waals surface area contributed by atoms with Crippen LogP contribution in [0.1, 0.15) is 10.5 Å². The molecule has 2 N–H and O–H groups in total. The van der Waals surface area contributed by atoms with Crippen molar-refractivity contribution in [3.63, 3.8) is 0 Å². The molecule has 0 atom stereocenters. The molecule has 0 fully saturated rings. The summed E-state index contributed by atoms with van der Waals surface area (Å²) in [5, 5.41) is 17.6. The second-order valence-corrected chi connectivity index (χ2v) is 3.01. The van der Waals surface area contributed by atoms with E-state index in [-0.39, 0.29) is 18.2 Å². The Morgan fingerprint density at radius 2 is 2.38 bits per heavy atom. The van der Waals surface area contributed by atoms with Crippen molar-refractivity contribution >= 4 is 11.9 Å². The van der Waals surface area contributed by atoms with Crippen molar-refractivity contribution in [2.24, 2.45) is 0 Å². The molecule has 0 aliphatic heterocycles. The molecule has 6 heteroatoms. The van der Waals surface area contributed by atoms with Crippen LogP contribution in [0.2, 0.25) is 0 Å². The van der Waals surface area contributed by atoms with Gasteiger partial charge in [-0.15, -0.1) is 6.58 Å². The summed E-state index contributed by atoms with van der Waals surface area (Å²) < 4.78 is 0. The number of aliphatic hydroxyl groups excluding tert-OH is 1. The Morgan fingerprint density at radius 1 is 1.62 bits per heavy atom. The predicted molar refractivity (Wildman–Crippen MR) is 58.5 cm³/mol. The lowest BCUT2D eigenvalue weighted by atomic mass is 10.4. The van der Waals surface area contributed by atoms with Crippen molar-refractivity contribution < 1.29 is 15.0 Å². The third kappa shape index (κ3) is 3.03. The minimum Gasteiger partial charge on any atom is -0.477 e. The van der Waals surface area contributed by atoms with Gasteiger partial charge in [0.15, 0.2) is 5.69 Å². The molecule has 0 aromatic carbocycles. The van der Waals surface area contributed by atoms with Crippen molar-refractivity contribution in [3.05, 3.63) is 30.6 Å². The average Bonchev–Trinajstić information content (AvgIpc) is 2.29. The minimum absolute atomic E-state index is 0.0610. The van der Waals surface area contributed by atoms with Gasteiger partial charge >= 0.3 is 5.97 Å². The predicted octanol–water partition coefficient (Wildman–Crippen LogP) is 0.159. The molecule has 86 valence electrons. The van der Waals surface area contributed by atoms with Crippen LogP contribution in [-0.4, -0.2) is 45.8 Å². The fraction of sp³-hybridized carbons (Fsp3) is 0.300. The maximum Gasteiger partial charge on any atom is 0.354 e. The number of aliphatic hydroxyl groups is 1. The summed E-state index contributed by atoms with van der Waals surface area (Å²) in [5.74, 6) is -0.833. The van der Waals surface area contributed by atoms with E-state index in [1.807, 2.05) is 0 Å². The molecule has 1 aromatic rings. The van der Waals surface area contributed by atoms with E-state index in [9.17, 15) is 4.79 Å². The molecule has 1 aromatic heterocycles. The first kappa shape index (κ1) is 12.1. The largest absolute Gasteiger partial charge is 0.477 e. The molecule has 6 nitrogen and oxygen atoms in total. The Hall–Kier alpha value is -1.95. The van der Waals surface area contributed by atoms with E-state index in [2.05, 4.69) is 16.5 Å². The molecule has 0 radical (unpaired) electrons. The lowest BCUT2D eigenvalue weighted by Crippen LogP contribution is -2.29. The first-order valence-corrected chi connectivity index (χ1v) is 4.72. The lowest BCUT2D eigenvalue weighted by molar-refractivity contribution is 0.0690. The van der Waals surface area contributed by atoms with Crippen LogP contribution in [-0.2, 0) is 0 Å². The Bertz CT molecular complexity index is 381. The number of carboxylic acids is 1. The summed E-state index contributed by atoms with van der Waals surface area (Å²) in [6.45, 7) is 4.29. The molecule has 0 spiro atoms. The van der Waals surface area contributed by atoms with Crippen LogP contribution >= 0.6 is 0 Å². The Balaban J connectivity index is 2.94. The molecule has 16 heavy (non-hydrogen) atoms. The van der Waals surface area contributed by atoms with Crippen LogP contribution in [0.25, 0.3) is 0 Å². The second kappa shape index (κ2) is 5.82. The number of hydrogen-bond donors (Lipinski definition) is 2. The molecule has 0 unspecified atom stereocenters. The van der Waals surface area contributed by atoms with Gasteiger partial charge in [-0.3, -0.25) is 0 Å². The normalized spacial score (nSPS) is 9.81. The SMILES string of the molecule is C=CCN(CCO)c1nccc(C(=O)O)n1. The molecule has 0 aliphatic rings. The van der Waals surface area contributed by atoms with Crippen molar-refractivity contribution in [1.82, 2.24) is 9.97 Å². The molecule has 0 bridgehead atoms. The molecule has 0 aliphatic carbocycles. The standard InChI is InChI=1S/C10H13N3O3/c1-2-5-13(6-7-14)10-11-4-3-8(12-10)9(15)16/h2-4,14H,1,5-7H2,(H,15,16). The van der Waals surface area contributed by atoms with E-state index in [1.165, 1.54) is 12.3 Å². The summed E-state index contributed by atoms with van der Waals surface area (Å²) in [4.78, 5) is 20.2. The van der Waals surface area contributed by atoms with Crippen molar-refractivity contribution in [1.29, 1.82) is 0 Å². The summed E-state index contributed by atoms with van der Waals surface area (Å²) in [7, 11) is 0. The van der Waals surface area contributed by atoms with Gasteiger partial charge in [0.05, 0.1) is 6.61 Å². The highest BCUT2D eigenvalue weighted by Gasteiger charge is 2.11. The van der Waals surface area contributed by atoms with E-state index >= 15 is 0 Å². The van der Waals surface area contributed by atoms with E-state index in [0.29, 0.717) is 13.1 Å². The Kier molecular flexibility index (Phi) is 4.41. The number of rotatable bonds is 6. The molecular formula is C10H13N3O3. The van der Waals surface area contributed by atoms with Crippen LogP contribution in [0.15, 0.2) is 24.9 Å². The van der Waals surface area contributed by atoms with E-state index < -0.39 is 5.97 Å². The molecule has 0 saturated heterocycles. The van der Waals surface area contributed by atoms with Gasteiger partial charge in [-0.25, -0.2) is 14.8 Å². The van der Waals surface area contributed by atoms with Gasteiger partial charge in [0.1, 0.15) is 0 Å². The Labute approximate surface area is 92.9 Å². The van der Waals surface area contributed by atoms with Gasteiger partial charge < -0.3 is 15.1 Å². The van der Waals surface area contributed by atoms with Gasteiger partial charge in [-0.2, -0.15) is 0 Å². The molecule has 1 rings (SSSR count). The maximum absolute atomic E-state index is 10.7. The average molecular weight is 223 g/mol. The maximum atomic E-state index is 10.7. The fourth-order valence-electron chi connectivity index (χ4n) is 1.17. The van der Waals surface area contributed by atoms with Crippen LogP contribution in [0.4, 0.5) is 5.95 Å². The topological polar surface area (TPSA) is 86.5 Å². The molecule has 0 saturated carbocycles. The number of anilines is 1. The number of nitrogens with zero attached hydrogens (tertiary/aromatic N) is 3. The van der Waals surface area contributed by atoms with Crippen LogP contribution in [0, 0.1) is 0 Å². The smallest absolute Gasteiger partial charge is 0.354 e. The highest BCUT2D eigenvalue weighted by molar-refractivity contribution is 5.85.